The summed E-state index contributed by atoms with van der Waals surface area (Å²) < 4.78 is 0. The van der Waals surface area contributed by atoms with E-state index in [-0.39, 0.29) is 11.5 Å². The van der Waals surface area contributed by atoms with Gasteiger partial charge in [-0.1, -0.05) is 78.8 Å². The SMILES string of the molecule is CCc1ccc(C[C@@H]2S/C(=C(\C#N)C(=O)Nc3ccc(C)cc3)N(c3ccccc3)C2=O)cc1. The Morgan fingerprint density at radius 3 is 2.26 bits per heavy atom. The van der Waals surface area contributed by atoms with Crippen molar-refractivity contribution in [1.29, 1.82) is 5.26 Å². The molecule has 1 fully saturated rings. The lowest BCUT2D eigenvalue weighted by molar-refractivity contribution is -0.117. The fourth-order valence-corrected chi connectivity index (χ4v) is 5.06. The summed E-state index contributed by atoms with van der Waals surface area (Å²) in [5.41, 5.74) is 4.50. The fraction of sp³-hybridized carbons (Fsp3) is 0.179. The van der Waals surface area contributed by atoms with E-state index < -0.39 is 11.2 Å². The Morgan fingerprint density at radius 2 is 1.65 bits per heavy atom. The number of benzene rings is 3. The van der Waals surface area contributed by atoms with Gasteiger partial charge in [-0.05, 0) is 55.2 Å². The van der Waals surface area contributed by atoms with Gasteiger partial charge >= 0.3 is 0 Å². The number of rotatable bonds is 6. The predicted octanol–water partition coefficient (Wildman–Crippen LogP) is 5.62. The number of nitrogens with one attached hydrogen (secondary N) is 1. The van der Waals surface area contributed by atoms with E-state index in [1.165, 1.54) is 22.2 Å². The van der Waals surface area contributed by atoms with Gasteiger partial charge in [0.15, 0.2) is 0 Å². The van der Waals surface area contributed by atoms with Crippen molar-refractivity contribution in [1.82, 2.24) is 0 Å². The van der Waals surface area contributed by atoms with Crippen molar-refractivity contribution in [2.24, 2.45) is 0 Å². The highest BCUT2D eigenvalue weighted by molar-refractivity contribution is 8.05. The third-order valence-corrected chi connectivity index (χ3v) is 6.94. The molecule has 3 aromatic carbocycles. The van der Waals surface area contributed by atoms with Gasteiger partial charge in [0.2, 0.25) is 5.91 Å². The van der Waals surface area contributed by atoms with E-state index in [9.17, 15) is 14.9 Å². The molecule has 0 radical (unpaired) electrons. The number of hydrogen-bond acceptors (Lipinski definition) is 4. The Labute approximate surface area is 204 Å². The number of hydrogen-bond donors (Lipinski definition) is 1. The number of nitrogens with zero attached hydrogens (tertiary/aromatic N) is 2. The molecule has 1 aliphatic heterocycles. The minimum absolute atomic E-state index is 0.0772. The van der Waals surface area contributed by atoms with Gasteiger partial charge in [0, 0.05) is 11.4 Å². The molecule has 1 aliphatic rings. The zero-order valence-corrected chi connectivity index (χ0v) is 19.9. The average Bonchev–Trinajstić information content (AvgIpc) is 3.17. The van der Waals surface area contributed by atoms with E-state index in [1.807, 2.05) is 67.6 Å². The third kappa shape index (κ3) is 5.05. The van der Waals surface area contributed by atoms with Gasteiger partial charge in [0.05, 0.1) is 5.25 Å². The van der Waals surface area contributed by atoms with Gasteiger partial charge in [-0.2, -0.15) is 5.26 Å². The van der Waals surface area contributed by atoms with Gasteiger partial charge in [0.1, 0.15) is 16.7 Å². The molecule has 170 valence electrons. The standard InChI is InChI=1S/C28H25N3O2S/c1-3-20-11-13-21(14-12-20)17-25-27(33)31(23-7-5-4-6-8-23)28(34-25)24(18-29)26(32)30-22-15-9-19(2)10-16-22/h4-16,25H,3,17H2,1-2H3,(H,30,32)/b28-24+/t25-/m0/s1. The van der Waals surface area contributed by atoms with Crippen LogP contribution in [0.5, 0.6) is 0 Å². The first-order valence-electron chi connectivity index (χ1n) is 11.2. The summed E-state index contributed by atoms with van der Waals surface area (Å²) in [6.45, 7) is 4.06. The van der Waals surface area contributed by atoms with Crippen molar-refractivity contribution in [3.05, 3.63) is 106 Å². The lowest BCUT2D eigenvalue weighted by Gasteiger charge is -2.18. The van der Waals surface area contributed by atoms with Crippen molar-refractivity contribution in [3.8, 4) is 6.07 Å². The van der Waals surface area contributed by atoms with Crippen LogP contribution in [-0.4, -0.2) is 17.1 Å². The molecule has 0 aliphatic carbocycles. The van der Waals surface area contributed by atoms with E-state index in [0.29, 0.717) is 22.8 Å². The molecule has 1 N–H and O–H groups in total. The number of carbonyl (C=O) groups excluding carboxylic acids is 2. The molecule has 0 bridgehead atoms. The number of anilines is 2. The highest BCUT2D eigenvalue weighted by Gasteiger charge is 2.40. The largest absolute Gasteiger partial charge is 0.321 e. The average molecular weight is 468 g/mol. The normalized spacial score (nSPS) is 16.8. The first-order chi connectivity index (χ1) is 16.5. The first-order valence-corrected chi connectivity index (χ1v) is 12.0. The smallest absolute Gasteiger partial charge is 0.269 e. The molecule has 0 spiro atoms. The van der Waals surface area contributed by atoms with Crippen LogP contribution in [0.25, 0.3) is 0 Å². The molecular weight excluding hydrogens is 442 g/mol. The van der Waals surface area contributed by atoms with E-state index in [2.05, 4.69) is 24.4 Å². The molecule has 3 aromatic rings. The van der Waals surface area contributed by atoms with Gasteiger partial charge in [0.25, 0.3) is 5.91 Å². The zero-order valence-electron chi connectivity index (χ0n) is 19.1. The molecule has 1 saturated heterocycles. The van der Waals surface area contributed by atoms with Crippen molar-refractivity contribution in [2.75, 3.05) is 10.2 Å². The van der Waals surface area contributed by atoms with Crippen LogP contribution < -0.4 is 10.2 Å². The lowest BCUT2D eigenvalue weighted by atomic mass is 10.1. The fourth-order valence-electron chi connectivity index (χ4n) is 3.75. The second-order valence-electron chi connectivity index (χ2n) is 8.10. The van der Waals surface area contributed by atoms with Crippen LogP contribution in [0.1, 0.15) is 23.6 Å². The van der Waals surface area contributed by atoms with Crippen LogP contribution in [-0.2, 0) is 22.4 Å². The van der Waals surface area contributed by atoms with Crippen molar-refractivity contribution < 1.29 is 9.59 Å². The van der Waals surface area contributed by atoms with Crippen molar-refractivity contribution in [2.45, 2.75) is 31.9 Å². The molecule has 1 atom stereocenters. The number of para-hydroxylation sites is 1. The summed E-state index contributed by atoms with van der Waals surface area (Å²) >= 11 is 1.27. The Kier molecular flexibility index (Phi) is 7.15. The quantitative estimate of drug-likeness (QED) is 0.377. The minimum Gasteiger partial charge on any atom is -0.321 e. The maximum absolute atomic E-state index is 13.5. The summed E-state index contributed by atoms with van der Waals surface area (Å²) in [5.74, 6) is -0.669. The van der Waals surface area contributed by atoms with Crippen molar-refractivity contribution in [3.63, 3.8) is 0 Å². The molecular formula is C28H25N3O2S. The van der Waals surface area contributed by atoms with E-state index in [4.69, 9.17) is 0 Å². The Balaban J connectivity index is 1.68. The van der Waals surface area contributed by atoms with Gasteiger partial charge in [-0.25, -0.2) is 0 Å². The summed E-state index contributed by atoms with van der Waals surface area (Å²) in [6.07, 6.45) is 1.46. The highest BCUT2D eigenvalue weighted by atomic mass is 32.2. The number of nitriles is 1. The molecule has 1 heterocycles. The summed E-state index contributed by atoms with van der Waals surface area (Å²) in [4.78, 5) is 28.1. The number of amides is 2. The molecule has 2 amide bonds. The summed E-state index contributed by atoms with van der Waals surface area (Å²) in [6, 6.07) is 26.8. The Bertz CT molecular complexity index is 1260. The number of thioether (sulfide) groups is 1. The second-order valence-corrected chi connectivity index (χ2v) is 9.29. The van der Waals surface area contributed by atoms with Crippen LogP contribution in [0.2, 0.25) is 0 Å². The number of carbonyl (C=O) groups is 2. The monoisotopic (exact) mass is 467 g/mol. The Morgan fingerprint density at radius 1 is 1.00 bits per heavy atom. The maximum Gasteiger partial charge on any atom is 0.269 e. The third-order valence-electron chi connectivity index (χ3n) is 5.68. The van der Waals surface area contributed by atoms with Crippen molar-refractivity contribution >= 4 is 35.0 Å². The van der Waals surface area contributed by atoms with Gasteiger partial charge < -0.3 is 5.32 Å². The summed E-state index contributed by atoms with van der Waals surface area (Å²) in [7, 11) is 0. The van der Waals surface area contributed by atoms with E-state index >= 15 is 0 Å². The molecule has 4 rings (SSSR count). The highest BCUT2D eigenvalue weighted by Crippen LogP contribution is 2.42. The molecule has 0 aromatic heterocycles. The van der Waals surface area contributed by atoms with Crippen LogP contribution >= 0.6 is 11.8 Å². The zero-order chi connectivity index (χ0) is 24.1. The van der Waals surface area contributed by atoms with Crippen LogP contribution in [0.4, 0.5) is 11.4 Å². The molecule has 5 nitrogen and oxygen atoms in total. The van der Waals surface area contributed by atoms with Crippen LogP contribution in [0, 0.1) is 18.3 Å². The maximum atomic E-state index is 13.5. The van der Waals surface area contributed by atoms with E-state index in [1.54, 1.807) is 12.1 Å². The minimum atomic E-state index is -0.532. The lowest BCUT2D eigenvalue weighted by Crippen LogP contribution is -2.30. The van der Waals surface area contributed by atoms with E-state index in [0.717, 1.165) is 17.5 Å². The number of aryl methyl sites for hydroxylation is 2. The predicted molar refractivity (Wildman–Crippen MR) is 137 cm³/mol. The topological polar surface area (TPSA) is 73.2 Å². The first kappa shape index (κ1) is 23.3. The molecule has 6 heteroatoms. The molecule has 0 unspecified atom stereocenters. The van der Waals surface area contributed by atoms with Gasteiger partial charge in [-0.3, -0.25) is 14.5 Å². The van der Waals surface area contributed by atoms with Crippen LogP contribution in [0.3, 0.4) is 0 Å². The van der Waals surface area contributed by atoms with Gasteiger partial charge in [-0.15, -0.1) is 0 Å². The molecule has 34 heavy (non-hydrogen) atoms. The van der Waals surface area contributed by atoms with Crippen LogP contribution in [0.15, 0.2) is 89.5 Å². The molecule has 0 saturated carbocycles. The summed E-state index contributed by atoms with van der Waals surface area (Å²) in [5, 5.41) is 12.7. The Hall–Kier alpha value is -3.82. The second kappa shape index (κ2) is 10.4.